The fourth-order valence-electron chi connectivity index (χ4n) is 3.60. The number of aliphatic hydroxyl groups is 1. The molecule has 0 radical (unpaired) electrons. The normalized spacial score (nSPS) is 16.3. The van der Waals surface area contributed by atoms with Gasteiger partial charge in [-0.2, -0.15) is 4.72 Å². The van der Waals surface area contributed by atoms with Crippen LogP contribution in [-0.4, -0.2) is 63.2 Å². The van der Waals surface area contributed by atoms with Crippen molar-refractivity contribution in [1.82, 2.24) is 9.62 Å². The minimum absolute atomic E-state index is 0.0700. The number of nitrogens with one attached hydrogen (secondary N) is 1. The number of rotatable bonds is 6. The minimum atomic E-state index is -3.94. The van der Waals surface area contributed by atoms with Crippen molar-refractivity contribution in [2.75, 3.05) is 37.7 Å². The van der Waals surface area contributed by atoms with Crippen LogP contribution in [0.25, 0.3) is 0 Å². The highest BCUT2D eigenvalue weighted by Gasteiger charge is 2.31. The first-order chi connectivity index (χ1) is 14.6. The van der Waals surface area contributed by atoms with Crippen molar-refractivity contribution in [3.05, 3.63) is 60.2 Å². The van der Waals surface area contributed by atoms with Crippen LogP contribution in [0.2, 0.25) is 0 Å². The topological polar surface area (TPSA) is 89.9 Å². The van der Waals surface area contributed by atoms with E-state index in [1.807, 2.05) is 51.1 Å². The molecule has 1 atom stereocenters. The first kappa shape index (κ1) is 23.2. The Morgan fingerprint density at radius 3 is 2.10 bits per heavy atom. The molecule has 7 nitrogen and oxygen atoms in total. The number of para-hydroxylation sites is 1. The summed E-state index contributed by atoms with van der Waals surface area (Å²) in [6.45, 7) is 7.77. The summed E-state index contributed by atoms with van der Waals surface area (Å²) in [5, 5.41) is 9.73. The summed E-state index contributed by atoms with van der Waals surface area (Å²) in [7, 11) is -3.94. The summed E-state index contributed by atoms with van der Waals surface area (Å²) < 4.78 is 27.9. The molecule has 1 amide bonds. The van der Waals surface area contributed by atoms with Crippen LogP contribution in [0.1, 0.15) is 26.3 Å². The van der Waals surface area contributed by atoms with E-state index in [4.69, 9.17) is 0 Å². The second-order valence-corrected chi connectivity index (χ2v) is 10.5. The second-order valence-electron chi connectivity index (χ2n) is 8.78. The third-order valence-electron chi connectivity index (χ3n) is 5.52. The smallest absolute Gasteiger partial charge is 0.243 e. The second kappa shape index (κ2) is 9.38. The molecule has 0 spiro atoms. The van der Waals surface area contributed by atoms with Gasteiger partial charge >= 0.3 is 0 Å². The standard InChI is InChI=1S/C23H31N3O4S/c1-23(2,3)18-9-11-20(12-10-18)31(29,30)24-21(17-27)22(28)26-15-13-25(14-16-26)19-7-5-4-6-8-19/h4-12,21,24,27H,13-17H2,1-3H3. The van der Waals surface area contributed by atoms with Crippen molar-refractivity contribution in [1.29, 1.82) is 0 Å². The number of benzene rings is 2. The van der Waals surface area contributed by atoms with Gasteiger partial charge < -0.3 is 14.9 Å². The van der Waals surface area contributed by atoms with E-state index in [1.165, 1.54) is 12.1 Å². The average molecular weight is 446 g/mol. The van der Waals surface area contributed by atoms with Gasteiger partial charge in [0, 0.05) is 31.9 Å². The van der Waals surface area contributed by atoms with Gasteiger partial charge in [-0.05, 0) is 35.2 Å². The van der Waals surface area contributed by atoms with Crippen LogP contribution in [0.5, 0.6) is 0 Å². The Morgan fingerprint density at radius 1 is 1.00 bits per heavy atom. The molecule has 168 valence electrons. The molecule has 1 fully saturated rings. The highest BCUT2D eigenvalue weighted by molar-refractivity contribution is 7.89. The van der Waals surface area contributed by atoms with Gasteiger partial charge in [-0.25, -0.2) is 8.42 Å². The number of piperazine rings is 1. The molecule has 1 aliphatic heterocycles. The maximum atomic E-state index is 12.9. The molecular formula is C23H31N3O4S. The van der Waals surface area contributed by atoms with Gasteiger partial charge in [0.1, 0.15) is 6.04 Å². The maximum absolute atomic E-state index is 12.9. The highest BCUT2D eigenvalue weighted by atomic mass is 32.2. The molecule has 1 unspecified atom stereocenters. The molecule has 2 aromatic rings. The van der Waals surface area contributed by atoms with Crippen molar-refractivity contribution in [2.24, 2.45) is 0 Å². The van der Waals surface area contributed by atoms with E-state index < -0.39 is 28.6 Å². The Labute approximate surface area is 184 Å². The predicted molar refractivity (Wildman–Crippen MR) is 122 cm³/mol. The number of aliphatic hydroxyl groups excluding tert-OH is 1. The zero-order valence-electron chi connectivity index (χ0n) is 18.3. The monoisotopic (exact) mass is 445 g/mol. The van der Waals surface area contributed by atoms with Crippen LogP contribution in [0.3, 0.4) is 0 Å². The van der Waals surface area contributed by atoms with Crippen LogP contribution in [0.4, 0.5) is 5.69 Å². The summed E-state index contributed by atoms with van der Waals surface area (Å²) in [6, 6.07) is 15.3. The van der Waals surface area contributed by atoms with E-state index in [2.05, 4.69) is 9.62 Å². The Balaban J connectivity index is 1.64. The SMILES string of the molecule is CC(C)(C)c1ccc(S(=O)(=O)NC(CO)C(=O)N2CCN(c3ccccc3)CC2)cc1. The molecule has 0 bridgehead atoms. The number of sulfonamides is 1. The summed E-state index contributed by atoms with van der Waals surface area (Å²) in [5.41, 5.74) is 2.01. The lowest BCUT2D eigenvalue weighted by molar-refractivity contribution is -0.134. The lowest BCUT2D eigenvalue weighted by Crippen LogP contribution is -2.56. The minimum Gasteiger partial charge on any atom is -0.394 e. The van der Waals surface area contributed by atoms with Crippen molar-refractivity contribution < 1.29 is 18.3 Å². The Bertz CT molecular complexity index is 978. The van der Waals surface area contributed by atoms with Crippen LogP contribution >= 0.6 is 0 Å². The van der Waals surface area contributed by atoms with Crippen LogP contribution in [-0.2, 0) is 20.2 Å². The first-order valence-corrected chi connectivity index (χ1v) is 11.9. The summed E-state index contributed by atoms with van der Waals surface area (Å²) in [4.78, 5) is 16.7. The van der Waals surface area contributed by atoms with Gasteiger partial charge in [-0.3, -0.25) is 4.79 Å². The lowest BCUT2D eigenvalue weighted by atomic mass is 9.87. The molecule has 1 aliphatic rings. The molecule has 0 saturated carbocycles. The predicted octanol–water partition coefficient (Wildman–Crippen LogP) is 1.97. The van der Waals surface area contributed by atoms with Crippen LogP contribution < -0.4 is 9.62 Å². The van der Waals surface area contributed by atoms with Crippen molar-refractivity contribution in [2.45, 2.75) is 37.1 Å². The number of hydrogen-bond donors (Lipinski definition) is 2. The van der Waals surface area contributed by atoms with Crippen molar-refractivity contribution >= 4 is 21.6 Å². The van der Waals surface area contributed by atoms with E-state index in [0.717, 1.165) is 11.3 Å². The summed E-state index contributed by atoms with van der Waals surface area (Å²) in [6.07, 6.45) is 0. The Kier molecular flexibility index (Phi) is 7.03. The van der Waals surface area contributed by atoms with Crippen LogP contribution in [0.15, 0.2) is 59.5 Å². The number of carbonyl (C=O) groups is 1. The largest absolute Gasteiger partial charge is 0.394 e. The van der Waals surface area contributed by atoms with Gasteiger partial charge in [0.2, 0.25) is 15.9 Å². The summed E-state index contributed by atoms with van der Waals surface area (Å²) in [5.74, 6) is -0.412. The third-order valence-corrected chi connectivity index (χ3v) is 7.01. The first-order valence-electron chi connectivity index (χ1n) is 10.4. The van der Waals surface area contributed by atoms with Crippen LogP contribution in [0, 0.1) is 0 Å². The van der Waals surface area contributed by atoms with E-state index >= 15 is 0 Å². The highest BCUT2D eigenvalue weighted by Crippen LogP contribution is 2.23. The van der Waals surface area contributed by atoms with Gasteiger partial charge in [0.05, 0.1) is 11.5 Å². The lowest BCUT2D eigenvalue weighted by Gasteiger charge is -2.37. The van der Waals surface area contributed by atoms with Gasteiger partial charge in [0.15, 0.2) is 0 Å². The molecule has 3 rings (SSSR count). The molecule has 1 heterocycles. The molecule has 2 N–H and O–H groups in total. The fraction of sp³-hybridized carbons (Fsp3) is 0.435. The number of carbonyl (C=O) groups excluding carboxylic acids is 1. The third kappa shape index (κ3) is 5.64. The Hall–Kier alpha value is -2.42. The van der Waals surface area contributed by atoms with Gasteiger partial charge in [-0.15, -0.1) is 0 Å². The molecular weight excluding hydrogens is 414 g/mol. The van der Waals surface area contributed by atoms with E-state index in [-0.39, 0.29) is 10.3 Å². The van der Waals surface area contributed by atoms with E-state index in [9.17, 15) is 18.3 Å². The van der Waals surface area contributed by atoms with Crippen molar-refractivity contribution in [3.8, 4) is 0 Å². The number of hydrogen-bond acceptors (Lipinski definition) is 5. The Morgan fingerprint density at radius 2 is 1.58 bits per heavy atom. The van der Waals surface area contributed by atoms with Gasteiger partial charge in [-0.1, -0.05) is 51.1 Å². The molecule has 0 aromatic heterocycles. The maximum Gasteiger partial charge on any atom is 0.243 e. The van der Waals surface area contributed by atoms with Gasteiger partial charge in [0.25, 0.3) is 0 Å². The number of anilines is 1. The zero-order valence-corrected chi connectivity index (χ0v) is 19.1. The van der Waals surface area contributed by atoms with E-state index in [1.54, 1.807) is 17.0 Å². The molecule has 0 aliphatic carbocycles. The molecule has 8 heteroatoms. The van der Waals surface area contributed by atoms with E-state index in [0.29, 0.717) is 26.2 Å². The molecule has 31 heavy (non-hydrogen) atoms. The fourth-order valence-corrected chi connectivity index (χ4v) is 4.78. The number of nitrogens with zero attached hydrogens (tertiary/aromatic N) is 2. The van der Waals surface area contributed by atoms with Crippen molar-refractivity contribution in [3.63, 3.8) is 0 Å². The molecule has 1 saturated heterocycles. The molecule has 2 aromatic carbocycles. The number of amides is 1. The zero-order chi connectivity index (χ0) is 22.6. The quantitative estimate of drug-likeness (QED) is 0.710. The summed E-state index contributed by atoms with van der Waals surface area (Å²) >= 11 is 0. The average Bonchev–Trinajstić information content (AvgIpc) is 2.77.